The SMILES string of the molecule is C=CCSc1nnc(N2C(N)=C(C#N)C(c3ccsc3)C3=C2CC(C)(C)CC3=O)s1. The van der Waals surface area contributed by atoms with E-state index in [1.807, 2.05) is 22.9 Å². The van der Waals surface area contributed by atoms with Gasteiger partial charge in [0, 0.05) is 23.4 Å². The molecule has 30 heavy (non-hydrogen) atoms. The van der Waals surface area contributed by atoms with Crippen molar-refractivity contribution in [3.8, 4) is 6.07 Å². The first-order chi connectivity index (χ1) is 14.4. The number of Topliss-reactive ketones (excluding diaryl/α,β-unsaturated/α-hetero) is 1. The summed E-state index contributed by atoms with van der Waals surface area (Å²) in [5.41, 5.74) is 9.17. The zero-order chi connectivity index (χ0) is 21.5. The number of nitrogens with zero attached hydrogens (tertiary/aromatic N) is 4. The molecule has 1 aliphatic heterocycles. The van der Waals surface area contributed by atoms with Crippen LogP contribution in [0.5, 0.6) is 0 Å². The fourth-order valence-corrected chi connectivity index (χ4v) is 6.31. The lowest BCUT2D eigenvalue weighted by molar-refractivity contribution is -0.118. The van der Waals surface area contributed by atoms with E-state index >= 15 is 0 Å². The van der Waals surface area contributed by atoms with Crippen molar-refractivity contribution in [1.82, 2.24) is 10.2 Å². The van der Waals surface area contributed by atoms with Gasteiger partial charge >= 0.3 is 0 Å². The Morgan fingerprint density at radius 3 is 2.93 bits per heavy atom. The third-order valence-electron chi connectivity index (χ3n) is 5.17. The smallest absolute Gasteiger partial charge is 0.219 e. The largest absolute Gasteiger partial charge is 0.384 e. The van der Waals surface area contributed by atoms with Crippen LogP contribution in [0.3, 0.4) is 0 Å². The van der Waals surface area contributed by atoms with Gasteiger partial charge in [0.25, 0.3) is 0 Å². The van der Waals surface area contributed by atoms with Gasteiger partial charge in [-0.25, -0.2) is 0 Å². The van der Waals surface area contributed by atoms with Gasteiger partial charge < -0.3 is 5.73 Å². The molecule has 1 aliphatic carbocycles. The van der Waals surface area contributed by atoms with Crippen LogP contribution in [0, 0.1) is 16.7 Å². The number of hydrogen-bond donors (Lipinski definition) is 1. The van der Waals surface area contributed by atoms with E-state index in [0.717, 1.165) is 21.4 Å². The number of anilines is 1. The molecule has 0 radical (unpaired) electrons. The summed E-state index contributed by atoms with van der Waals surface area (Å²) in [5.74, 6) is 0.685. The fraction of sp³-hybridized carbons (Fsp3) is 0.333. The van der Waals surface area contributed by atoms with Crippen LogP contribution >= 0.6 is 34.4 Å². The summed E-state index contributed by atoms with van der Waals surface area (Å²) < 4.78 is 0.791. The van der Waals surface area contributed by atoms with E-state index in [1.54, 1.807) is 16.2 Å². The average Bonchev–Trinajstić information content (AvgIpc) is 3.36. The minimum Gasteiger partial charge on any atom is -0.384 e. The number of thiophene rings is 1. The zero-order valence-corrected chi connectivity index (χ0v) is 19.2. The molecule has 3 heterocycles. The molecule has 154 valence electrons. The summed E-state index contributed by atoms with van der Waals surface area (Å²) in [4.78, 5) is 15.1. The second-order valence-corrected chi connectivity index (χ2v) is 11.0. The molecule has 0 amide bonds. The van der Waals surface area contributed by atoms with E-state index < -0.39 is 5.92 Å². The van der Waals surface area contributed by atoms with E-state index in [1.165, 1.54) is 23.1 Å². The standard InChI is InChI=1S/C21H21N5OS3/c1-4-6-29-20-25-24-19(30-20)26-14-8-21(2,3)9-15(27)17(14)16(12-5-7-28-11-12)13(10-22)18(26)23/h4-5,7,11,16H,1,6,8-9,23H2,2-3H3. The third-order valence-corrected chi connectivity index (χ3v) is 7.91. The average molecular weight is 456 g/mol. The molecule has 1 unspecified atom stereocenters. The molecular weight excluding hydrogens is 434 g/mol. The Hall–Kier alpha value is -2.41. The Labute approximate surface area is 187 Å². The predicted molar refractivity (Wildman–Crippen MR) is 122 cm³/mol. The van der Waals surface area contributed by atoms with Crippen molar-refractivity contribution in [3.05, 3.63) is 57.7 Å². The Kier molecular flexibility index (Phi) is 5.57. The van der Waals surface area contributed by atoms with Crippen LogP contribution in [0.4, 0.5) is 5.13 Å². The first kappa shape index (κ1) is 20.8. The molecule has 0 saturated heterocycles. The number of hydrogen-bond acceptors (Lipinski definition) is 9. The third kappa shape index (κ3) is 3.60. The number of carbonyl (C=O) groups is 1. The fourth-order valence-electron chi connectivity index (χ4n) is 3.98. The number of nitriles is 1. The Balaban J connectivity index is 1.90. The molecule has 0 saturated carbocycles. The van der Waals surface area contributed by atoms with E-state index in [0.29, 0.717) is 34.9 Å². The normalized spacial score (nSPS) is 20.9. The highest BCUT2D eigenvalue weighted by molar-refractivity contribution is 8.01. The number of nitrogens with two attached hydrogens (primary N) is 1. The number of allylic oxidation sites excluding steroid dienone is 3. The summed E-state index contributed by atoms with van der Waals surface area (Å²) in [6.45, 7) is 7.90. The number of carbonyl (C=O) groups excluding carboxylic acids is 1. The molecule has 0 fully saturated rings. The van der Waals surface area contributed by atoms with Gasteiger partial charge in [-0.15, -0.1) is 16.8 Å². The molecular formula is C21H21N5OS3. The maximum absolute atomic E-state index is 13.3. The van der Waals surface area contributed by atoms with Crippen molar-refractivity contribution in [1.29, 1.82) is 5.26 Å². The van der Waals surface area contributed by atoms with Crippen LogP contribution in [-0.2, 0) is 4.79 Å². The van der Waals surface area contributed by atoms with E-state index in [4.69, 9.17) is 5.73 Å². The van der Waals surface area contributed by atoms with Crippen LogP contribution < -0.4 is 10.6 Å². The number of thioether (sulfide) groups is 1. The van der Waals surface area contributed by atoms with Gasteiger partial charge in [-0.1, -0.05) is 43.0 Å². The molecule has 2 aliphatic rings. The van der Waals surface area contributed by atoms with Gasteiger partial charge in [0.1, 0.15) is 5.82 Å². The van der Waals surface area contributed by atoms with Crippen molar-refractivity contribution < 1.29 is 4.79 Å². The molecule has 9 heteroatoms. The lowest BCUT2D eigenvalue weighted by atomic mass is 9.69. The van der Waals surface area contributed by atoms with Gasteiger partial charge in [-0.3, -0.25) is 9.69 Å². The first-order valence-electron chi connectivity index (χ1n) is 9.41. The summed E-state index contributed by atoms with van der Waals surface area (Å²) >= 11 is 4.49. The van der Waals surface area contributed by atoms with Crippen LogP contribution in [-0.4, -0.2) is 21.7 Å². The van der Waals surface area contributed by atoms with Gasteiger partial charge in [0.2, 0.25) is 5.13 Å². The van der Waals surface area contributed by atoms with Crippen molar-refractivity contribution in [2.24, 2.45) is 11.1 Å². The molecule has 2 N–H and O–H groups in total. The van der Waals surface area contributed by atoms with E-state index in [2.05, 4.69) is 36.7 Å². The first-order valence-corrected chi connectivity index (χ1v) is 12.2. The van der Waals surface area contributed by atoms with Gasteiger partial charge in [-0.05, 0) is 34.2 Å². The minimum atomic E-state index is -0.432. The van der Waals surface area contributed by atoms with E-state index in [9.17, 15) is 10.1 Å². The van der Waals surface area contributed by atoms with Crippen LogP contribution in [0.2, 0.25) is 0 Å². The quantitative estimate of drug-likeness (QED) is 0.510. The number of aromatic nitrogens is 2. The van der Waals surface area contributed by atoms with Crippen molar-refractivity contribution in [3.63, 3.8) is 0 Å². The molecule has 6 nitrogen and oxygen atoms in total. The van der Waals surface area contributed by atoms with Crippen molar-refractivity contribution in [2.75, 3.05) is 10.7 Å². The maximum Gasteiger partial charge on any atom is 0.219 e. The lowest BCUT2D eigenvalue weighted by Gasteiger charge is -2.42. The number of rotatable bonds is 5. The zero-order valence-electron chi connectivity index (χ0n) is 16.7. The van der Waals surface area contributed by atoms with Crippen molar-refractivity contribution in [2.45, 2.75) is 36.9 Å². The summed E-state index contributed by atoms with van der Waals surface area (Å²) in [6, 6.07) is 4.24. The highest BCUT2D eigenvalue weighted by Gasteiger charge is 2.45. The highest BCUT2D eigenvalue weighted by Crippen LogP contribution is 2.50. The topological polar surface area (TPSA) is 95.9 Å². The van der Waals surface area contributed by atoms with Gasteiger partial charge in [0.05, 0.1) is 17.6 Å². The Morgan fingerprint density at radius 1 is 1.47 bits per heavy atom. The van der Waals surface area contributed by atoms with Crippen molar-refractivity contribution >= 4 is 45.4 Å². The molecule has 1 atom stereocenters. The van der Waals surface area contributed by atoms with E-state index in [-0.39, 0.29) is 11.2 Å². The monoisotopic (exact) mass is 455 g/mol. The summed E-state index contributed by atoms with van der Waals surface area (Å²) in [6.07, 6.45) is 2.92. The summed E-state index contributed by atoms with van der Waals surface area (Å²) in [7, 11) is 0. The second kappa shape index (κ2) is 8.02. The van der Waals surface area contributed by atoms with Crippen LogP contribution in [0.15, 0.2) is 56.5 Å². The minimum absolute atomic E-state index is 0.0634. The Morgan fingerprint density at radius 2 is 2.27 bits per heavy atom. The highest BCUT2D eigenvalue weighted by atomic mass is 32.2. The molecule has 0 bridgehead atoms. The predicted octanol–water partition coefficient (Wildman–Crippen LogP) is 4.82. The molecule has 0 spiro atoms. The molecule has 2 aromatic heterocycles. The molecule has 0 aromatic carbocycles. The lowest BCUT2D eigenvalue weighted by Crippen LogP contribution is -2.42. The van der Waals surface area contributed by atoms with Gasteiger partial charge in [0.15, 0.2) is 10.1 Å². The Bertz CT molecular complexity index is 1100. The maximum atomic E-state index is 13.3. The second-order valence-electron chi connectivity index (χ2n) is 7.99. The van der Waals surface area contributed by atoms with Crippen LogP contribution in [0.1, 0.15) is 38.2 Å². The molecule has 2 aromatic rings. The number of ketones is 1. The molecule has 4 rings (SSSR count). The van der Waals surface area contributed by atoms with Gasteiger partial charge in [-0.2, -0.15) is 16.6 Å². The summed E-state index contributed by atoms with van der Waals surface area (Å²) in [5, 5.41) is 23.1. The van der Waals surface area contributed by atoms with Crippen LogP contribution in [0.25, 0.3) is 0 Å².